The molecule has 0 bridgehead atoms. The van der Waals surface area contributed by atoms with E-state index in [1.807, 2.05) is 0 Å². The van der Waals surface area contributed by atoms with Crippen LogP contribution in [0, 0.1) is 11.6 Å². The quantitative estimate of drug-likeness (QED) is 0.648. The summed E-state index contributed by atoms with van der Waals surface area (Å²) in [6.07, 6.45) is 2.56. The molecule has 0 unspecified atom stereocenters. The van der Waals surface area contributed by atoms with Crippen molar-refractivity contribution in [2.75, 3.05) is 10.6 Å². The number of aromatic nitrogens is 2. The van der Waals surface area contributed by atoms with Gasteiger partial charge in [-0.05, 0) is 30.3 Å². The van der Waals surface area contributed by atoms with Gasteiger partial charge in [0.05, 0.1) is 16.3 Å². The van der Waals surface area contributed by atoms with Crippen molar-refractivity contribution < 1.29 is 13.6 Å². The molecule has 5 nitrogen and oxygen atoms in total. The Morgan fingerprint density at radius 3 is 2.38 bits per heavy atom. The zero-order chi connectivity index (χ0) is 18.7. The number of hydrogen-bond acceptors (Lipinski definition) is 4. The summed E-state index contributed by atoms with van der Waals surface area (Å²) < 4.78 is 26.1. The summed E-state index contributed by atoms with van der Waals surface area (Å²) in [5.74, 6) is -2.31. The summed E-state index contributed by atoms with van der Waals surface area (Å²) in [6, 6.07) is 7.96. The summed E-state index contributed by atoms with van der Waals surface area (Å²) in [4.78, 5) is 20.2. The largest absolute Gasteiger partial charge is 0.324 e. The third kappa shape index (κ3) is 4.25. The number of carbonyl (C=O) groups excluding carboxylic acids is 1. The Hall–Kier alpha value is -2.77. The number of amides is 1. The molecule has 26 heavy (non-hydrogen) atoms. The molecule has 2 aromatic carbocycles. The van der Waals surface area contributed by atoms with E-state index in [2.05, 4.69) is 20.6 Å². The molecule has 0 saturated heterocycles. The Morgan fingerprint density at radius 2 is 1.69 bits per heavy atom. The van der Waals surface area contributed by atoms with Crippen molar-refractivity contribution in [1.29, 1.82) is 0 Å². The molecule has 1 aromatic heterocycles. The van der Waals surface area contributed by atoms with Gasteiger partial charge in [-0.15, -0.1) is 0 Å². The smallest absolute Gasteiger partial charge is 0.258 e. The molecule has 0 saturated carbocycles. The van der Waals surface area contributed by atoms with Crippen LogP contribution in [0.3, 0.4) is 0 Å². The molecule has 1 heterocycles. The van der Waals surface area contributed by atoms with Crippen molar-refractivity contribution in [3.05, 3.63) is 76.0 Å². The third-order valence-corrected chi connectivity index (χ3v) is 3.83. The Morgan fingerprint density at radius 1 is 0.962 bits per heavy atom. The van der Waals surface area contributed by atoms with E-state index in [0.29, 0.717) is 15.7 Å². The first-order valence-corrected chi connectivity index (χ1v) is 7.98. The van der Waals surface area contributed by atoms with Crippen molar-refractivity contribution in [2.24, 2.45) is 0 Å². The Labute approximate surface area is 157 Å². The van der Waals surface area contributed by atoms with Crippen LogP contribution >= 0.6 is 23.2 Å². The molecule has 9 heteroatoms. The number of halogens is 4. The van der Waals surface area contributed by atoms with Gasteiger partial charge in [-0.2, -0.15) is 0 Å². The molecule has 2 N–H and O–H groups in total. The van der Waals surface area contributed by atoms with Crippen LogP contribution in [0.4, 0.5) is 26.1 Å². The van der Waals surface area contributed by atoms with Gasteiger partial charge in [-0.25, -0.2) is 18.7 Å². The Bertz CT molecular complexity index is 967. The SMILES string of the molecule is O=C(Nc1cc(Cl)ccc1Cl)c1cnc(Nc2ccc(F)c(F)c2)nc1. The predicted octanol–water partition coefficient (Wildman–Crippen LogP) is 5.06. The van der Waals surface area contributed by atoms with Crippen LogP contribution in [0.5, 0.6) is 0 Å². The Balaban J connectivity index is 1.71. The van der Waals surface area contributed by atoms with Crippen LogP contribution in [-0.4, -0.2) is 15.9 Å². The number of nitrogens with one attached hydrogen (secondary N) is 2. The Kier molecular flexibility index (Phi) is 5.29. The molecular weight excluding hydrogens is 385 g/mol. The van der Waals surface area contributed by atoms with Crippen LogP contribution in [0.25, 0.3) is 0 Å². The van der Waals surface area contributed by atoms with Gasteiger partial charge in [0.2, 0.25) is 5.95 Å². The summed E-state index contributed by atoms with van der Waals surface area (Å²) in [5, 5.41) is 6.07. The second kappa shape index (κ2) is 7.63. The molecule has 3 rings (SSSR count). The maximum absolute atomic E-state index is 13.2. The molecule has 0 radical (unpaired) electrons. The molecule has 0 aliphatic carbocycles. The monoisotopic (exact) mass is 394 g/mol. The second-order valence-electron chi connectivity index (χ2n) is 5.13. The topological polar surface area (TPSA) is 66.9 Å². The highest BCUT2D eigenvalue weighted by Gasteiger charge is 2.11. The van der Waals surface area contributed by atoms with Gasteiger partial charge in [0.1, 0.15) is 0 Å². The lowest BCUT2D eigenvalue weighted by Gasteiger charge is -2.08. The van der Waals surface area contributed by atoms with E-state index in [-0.39, 0.29) is 17.2 Å². The van der Waals surface area contributed by atoms with Gasteiger partial charge in [0, 0.05) is 29.2 Å². The molecule has 132 valence electrons. The van der Waals surface area contributed by atoms with E-state index in [4.69, 9.17) is 23.2 Å². The highest BCUT2D eigenvalue weighted by Crippen LogP contribution is 2.26. The van der Waals surface area contributed by atoms with Crippen molar-refractivity contribution in [1.82, 2.24) is 9.97 Å². The second-order valence-corrected chi connectivity index (χ2v) is 5.97. The molecule has 0 fully saturated rings. The minimum Gasteiger partial charge on any atom is -0.324 e. The van der Waals surface area contributed by atoms with Crippen molar-refractivity contribution >= 4 is 46.4 Å². The molecule has 0 aliphatic heterocycles. The first-order valence-electron chi connectivity index (χ1n) is 7.23. The minimum atomic E-state index is -0.996. The van der Waals surface area contributed by atoms with Crippen molar-refractivity contribution in [3.63, 3.8) is 0 Å². The highest BCUT2D eigenvalue weighted by atomic mass is 35.5. The fourth-order valence-corrected chi connectivity index (χ4v) is 2.34. The minimum absolute atomic E-state index is 0.119. The van der Waals surface area contributed by atoms with E-state index in [0.717, 1.165) is 12.1 Å². The first-order chi connectivity index (χ1) is 12.4. The first kappa shape index (κ1) is 18.0. The lowest BCUT2D eigenvalue weighted by atomic mass is 10.2. The maximum atomic E-state index is 13.2. The van der Waals surface area contributed by atoms with Crippen molar-refractivity contribution in [2.45, 2.75) is 0 Å². The standard InChI is InChI=1S/C17H10Cl2F2N4O/c18-10-1-3-12(19)15(5-10)25-16(26)9-7-22-17(23-8-9)24-11-2-4-13(20)14(21)6-11/h1-8H,(H,25,26)(H,22,23,24). The maximum Gasteiger partial charge on any atom is 0.258 e. The zero-order valence-corrected chi connectivity index (χ0v) is 14.4. The normalized spacial score (nSPS) is 10.5. The number of carbonyl (C=O) groups is 1. The summed E-state index contributed by atoms with van der Waals surface area (Å²) in [6.45, 7) is 0. The van der Waals surface area contributed by atoms with E-state index in [1.54, 1.807) is 12.1 Å². The lowest BCUT2D eigenvalue weighted by molar-refractivity contribution is 0.102. The van der Waals surface area contributed by atoms with Gasteiger partial charge >= 0.3 is 0 Å². The summed E-state index contributed by atoms with van der Waals surface area (Å²) in [5.41, 5.74) is 0.803. The van der Waals surface area contributed by atoms with E-state index in [9.17, 15) is 13.6 Å². The predicted molar refractivity (Wildman–Crippen MR) is 96.1 cm³/mol. The van der Waals surface area contributed by atoms with E-state index >= 15 is 0 Å². The molecule has 0 spiro atoms. The van der Waals surface area contributed by atoms with Gasteiger partial charge in [-0.3, -0.25) is 4.79 Å². The number of nitrogens with zero attached hydrogens (tertiary/aromatic N) is 2. The summed E-state index contributed by atoms with van der Waals surface area (Å²) >= 11 is 11.9. The average molecular weight is 395 g/mol. The third-order valence-electron chi connectivity index (χ3n) is 3.27. The number of rotatable bonds is 4. The van der Waals surface area contributed by atoms with E-state index < -0.39 is 17.5 Å². The fraction of sp³-hybridized carbons (Fsp3) is 0. The lowest BCUT2D eigenvalue weighted by Crippen LogP contribution is -2.13. The van der Waals surface area contributed by atoms with Gasteiger partial charge in [0.25, 0.3) is 5.91 Å². The van der Waals surface area contributed by atoms with Gasteiger partial charge in [-0.1, -0.05) is 23.2 Å². The molecule has 0 atom stereocenters. The number of hydrogen-bond donors (Lipinski definition) is 2. The van der Waals surface area contributed by atoms with Crippen molar-refractivity contribution in [3.8, 4) is 0 Å². The van der Waals surface area contributed by atoms with E-state index in [1.165, 1.54) is 24.5 Å². The van der Waals surface area contributed by atoms with Crippen LogP contribution in [0.15, 0.2) is 48.8 Å². The number of anilines is 3. The average Bonchev–Trinajstić information content (AvgIpc) is 2.62. The molecule has 0 aliphatic rings. The van der Waals surface area contributed by atoms with Gasteiger partial charge < -0.3 is 10.6 Å². The summed E-state index contributed by atoms with van der Waals surface area (Å²) in [7, 11) is 0. The fourth-order valence-electron chi connectivity index (χ4n) is 2.00. The van der Waals surface area contributed by atoms with Crippen LogP contribution in [-0.2, 0) is 0 Å². The zero-order valence-electron chi connectivity index (χ0n) is 12.9. The van der Waals surface area contributed by atoms with Crippen LogP contribution in [0.2, 0.25) is 10.0 Å². The van der Waals surface area contributed by atoms with Gasteiger partial charge in [0.15, 0.2) is 11.6 Å². The van der Waals surface area contributed by atoms with Crippen LogP contribution in [0.1, 0.15) is 10.4 Å². The molecule has 3 aromatic rings. The van der Waals surface area contributed by atoms with Crippen LogP contribution < -0.4 is 10.6 Å². The molecular formula is C17H10Cl2F2N4O. The number of benzene rings is 2. The molecule has 1 amide bonds. The highest BCUT2D eigenvalue weighted by molar-refractivity contribution is 6.35.